The number of fused-ring (bicyclic) bond motifs is 1. The Kier molecular flexibility index (Phi) is 13.3. The molecule has 5 rings (SSSR count). The molecule has 48 heavy (non-hydrogen) atoms. The number of hydrogen-bond donors (Lipinski definition) is 3. The molecule has 13 nitrogen and oxygen atoms in total. The Labute approximate surface area is 262 Å². The summed E-state index contributed by atoms with van der Waals surface area (Å²) in [6.07, 6.45) is -2.37. The lowest BCUT2D eigenvalue weighted by molar-refractivity contribution is -0.193. The van der Waals surface area contributed by atoms with E-state index < -0.39 is 36.4 Å². The largest absolute Gasteiger partial charge is 0.490 e. The molecule has 3 N–H and O–H groups in total. The molecule has 4 aromatic heterocycles. The van der Waals surface area contributed by atoms with Crippen molar-refractivity contribution in [2.24, 2.45) is 0 Å². The molecule has 0 aromatic carbocycles. The zero-order valence-corrected chi connectivity index (χ0v) is 23.9. The fourth-order valence-electron chi connectivity index (χ4n) is 3.62. The van der Waals surface area contributed by atoms with Gasteiger partial charge in [0.2, 0.25) is 0 Å². The molecule has 5 heterocycles. The first-order valence-corrected chi connectivity index (χ1v) is 12.8. The monoisotopic (exact) mass is 702 g/mol. The van der Waals surface area contributed by atoms with E-state index in [1.807, 2.05) is 43.1 Å². The fourth-order valence-corrected chi connectivity index (χ4v) is 3.62. The van der Waals surface area contributed by atoms with Crippen LogP contribution < -0.4 is 4.90 Å². The minimum absolute atomic E-state index is 0.896. The number of hydrogen-bond acceptors (Lipinski definition) is 9. The quantitative estimate of drug-likeness (QED) is 0.253. The lowest BCUT2D eigenvalue weighted by atomic mass is 10.2. The average Bonchev–Trinajstić information content (AvgIpc) is 3.68. The minimum Gasteiger partial charge on any atom is -0.475 e. The van der Waals surface area contributed by atoms with Gasteiger partial charge in [-0.05, 0) is 18.2 Å². The second kappa shape index (κ2) is 16.4. The Balaban J connectivity index is 0.000000313. The van der Waals surface area contributed by atoms with Crippen LogP contribution in [0.2, 0.25) is 0 Å². The first-order valence-electron chi connectivity index (χ1n) is 12.8. The van der Waals surface area contributed by atoms with Crippen molar-refractivity contribution in [3.8, 4) is 11.3 Å². The van der Waals surface area contributed by atoms with Crippen molar-refractivity contribution in [3.63, 3.8) is 0 Å². The van der Waals surface area contributed by atoms with Crippen LogP contribution in [-0.2, 0) is 20.9 Å². The Bertz CT molecular complexity index is 1560. The van der Waals surface area contributed by atoms with Crippen LogP contribution in [0, 0.1) is 0 Å². The van der Waals surface area contributed by atoms with Gasteiger partial charge in [0.15, 0.2) is 11.5 Å². The van der Waals surface area contributed by atoms with E-state index >= 15 is 0 Å². The van der Waals surface area contributed by atoms with E-state index in [2.05, 4.69) is 29.2 Å². The summed E-state index contributed by atoms with van der Waals surface area (Å²) in [6.45, 7) is 4.78. The van der Waals surface area contributed by atoms with Crippen LogP contribution in [0.4, 0.5) is 45.3 Å². The minimum atomic E-state index is -5.08. The molecule has 0 aliphatic carbocycles. The molecule has 0 saturated carbocycles. The summed E-state index contributed by atoms with van der Waals surface area (Å²) in [5.74, 6) is -7.33. The molecular weight excluding hydrogens is 679 g/mol. The number of piperazine rings is 1. The Hall–Kier alpha value is -5.41. The van der Waals surface area contributed by atoms with Crippen LogP contribution in [0.3, 0.4) is 0 Å². The molecular formula is C26H23F9N6O7. The van der Waals surface area contributed by atoms with E-state index in [0.29, 0.717) is 0 Å². The highest BCUT2D eigenvalue weighted by atomic mass is 19.4. The molecule has 0 bridgehead atoms. The molecule has 0 spiro atoms. The van der Waals surface area contributed by atoms with Crippen LogP contribution in [-0.4, -0.2) is 102 Å². The number of rotatable bonds is 4. The van der Waals surface area contributed by atoms with Crippen LogP contribution in [0.1, 0.15) is 5.56 Å². The number of aliphatic carboxylic acids is 3. The molecule has 1 aliphatic heterocycles. The van der Waals surface area contributed by atoms with Crippen molar-refractivity contribution in [1.29, 1.82) is 0 Å². The van der Waals surface area contributed by atoms with Gasteiger partial charge < -0.3 is 24.6 Å². The molecule has 0 atom stereocenters. The van der Waals surface area contributed by atoms with Crippen LogP contribution in [0.15, 0.2) is 66.1 Å². The maximum Gasteiger partial charge on any atom is 0.490 e. The lowest BCUT2D eigenvalue weighted by Crippen LogP contribution is -2.46. The number of furan rings is 1. The number of halogens is 9. The molecule has 0 radical (unpaired) electrons. The van der Waals surface area contributed by atoms with Gasteiger partial charge >= 0.3 is 36.4 Å². The summed E-state index contributed by atoms with van der Waals surface area (Å²) >= 11 is 0. The van der Waals surface area contributed by atoms with Gasteiger partial charge in [-0.15, -0.1) is 0 Å². The van der Waals surface area contributed by atoms with Crippen molar-refractivity contribution >= 4 is 29.4 Å². The number of pyridine rings is 1. The van der Waals surface area contributed by atoms with Gasteiger partial charge in [-0.3, -0.25) is 14.3 Å². The fraction of sp³-hybridized carbons (Fsp3) is 0.308. The second-order valence-corrected chi connectivity index (χ2v) is 9.13. The number of carboxylic acid groups (broad SMARTS) is 3. The maximum atomic E-state index is 10.6. The van der Waals surface area contributed by atoms with Gasteiger partial charge in [-0.25, -0.2) is 24.4 Å². The van der Waals surface area contributed by atoms with Crippen LogP contribution in [0.5, 0.6) is 0 Å². The number of carbonyl (C=O) groups is 3. The molecule has 1 saturated heterocycles. The first kappa shape index (κ1) is 38.8. The number of aromatic nitrogens is 4. The van der Waals surface area contributed by atoms with E-state index in [1.54, 1.807) is 18.7 Å². The van der Waals surface area contributed by atoms with Crippen LogP contribution >= 0.6 is 0 Å². The third kappa shape index (κ3) is 12.1. The van der Waals surface area contributed by atoms with Crippen molar-refractivity contribution in [3.05, 3.63) is 67.3 Å². The summed E-state index contributed by atoms with van der Waals surface area (Å²) in [5, 5.41) is 21.4. The molecule has 1 fully saturated rings. The SMILES string of the molecule is O=C(O)C(F)(F)F.O=C(O)C(F)(F)F.O=C(O)C(F)(F)F.c1cc(-c2cnc3c(N4CCN(Cc5ccoc5)CC4)nccn23)ccn1. The zero-order valence-electron chi connectivity index (χ0n) is 23.9. The van der Waals surface area contributed by atoms with E-state index in [9.17, 15) is 39.5 Å². The van der Waals surface area contributed by atoms with Gasteiger partial charge in [0.25, 0.3) is 0 Å². The molecule has 22 heteroatoms. The third-order valence-electron chi connectivity index (χ3n) is 5.77. The standard InChI is InChI=1S/C20H20N6O.3C2HF3O2/c1-4-21-5-2-17(1)18-13-23-20-19(22-6-7-26(18)20)25-10-8-24(9-11-25)14-16-3-12-27-15-16;3*3-2(4,5)1(6)7/h1-7,12-13,15H,8-11,14H2;3*(H,6,7). The second-order valence-electron chi connectivity index (χ2n) is 9.13. The molecule has 4 aromatic rings. The highest BCUT2D eigenvalue weighted by Crippen LogP contribution is 2.25. The van der Waals surface area contributed by atoms with Gasteiger partial charge in [-0.1, -0.05) is 0 Å². The molecule has 0 amide bonds. The topological polar surface area (TPSA) is 175 Å². The summed E-state index contributed by atoms with van der Waals surface area (Å²) in [4.78, 5) is 44.8. The summed E-state index contributed by atoms with van der Waals surface area (Å²) in [7, 11) is 0. The van der Waals surface area contributed by atoms with Crippen LogP contribution in [0.25, 0.3) is 16.9 Å². The lowest BCUT2D eigenvalue weighted by Gasteiger charge is -2.35. The molecule has 1 aliphatic rings. The van der Waals surface area contributed by atoms with Gasteiger partial charge in [0, 0.05) is 68.6 Å². The van der Waals surface area contributed by atoms with E-state index in [1.165, 1.54) is 5.56 Å². The van der Waals surface area contributed by atoms with Crippen molar-refractivity contribution in [1.82, 2.24) is 24.3 Å². The van der Waals surface area contributed by atoms with E-state index in [-0.39, 0.29) is 0 Å². The number of imidazole rings is 1. The smallest absolute Gasteiger partial charge is 0.475 e. The van der Waals surface area contributed by atoms with Gasteiger partial charge in [0.1, 0.15) is 0 Å². The molecule has 262 valence electrons. The molecule has 0 unspecified atom stereocenters. The van der Waals surface area contributed by atoms with E-state index in [0.717, 1.165) is 55.4 Å². The Morgan fingerprint density at radius 2 is 1.25 bits per heavy atom. The maximum absolute atomic E-state index is 10.6. The van der Waals surface area contributed by atoms with Crippen molar-refractivity contribution in [2.45, 2.75) is 25.1 Å². The third-order valence-corrected chi connectivity index (χ3v) is 5.77. The Morgan fingerprint density at radius 3 is 1.69 bits per heavy atom. The highest BCUT2D eigenvalue weighted by Gasteiger charge is 2.39. The zero-order chi connectivity index (χ0) is 36.3. The average molecular weight is 702 g/mol. The Morgan fingerprint density at radius 1 is 0.750 bits per heavy atom. The first-order chi connectivity index (χ1) is 22.2. The number of nitrogens with zero attached hydrogens (tertiary/aromatic N) is 6. The van der Waals surface area contributed by atoms with Gasteiger partial charge in [0.05, 0.1) is 24.4 Å². The van der Waals surface area contributed by atoms with Crippen molar-refractivity contribution < 1.29 is 73.6 Å². The predicted molar refractivity (Wildman–Crippen MR) is 143 cm³/mol. The number of alkyl halides is 9. The highest BCUT2D eigenvalue weighted by molar-refractivity contribution is 5.74. The predicted octanol–water partition coefficient (Wildman–Crippen LogP) is 4.61. The van der Waals surface area contributed by atoms with Crippen molar-refractivity contribution in [2.75, 3.05) is 31.1 Å². The van der Waals surface area contributed by atoms with E-state index in [4.69, 9.17) is 34.1 Å². The summed E-state index contributed by atoms with van der Waals surface area (Å²) in [6, 6.07) is 6.02. The normalized spacial score (nSPS) is 13.6. The van der Waals surface area contributed by atoms with Gasteiger partial charge in [-0.2, -0.15) is 39.5 Å². The number of anilines is 1. The number of carboxylic acids is 3. The summed E-state index contributed by atoms with van der Waals surface area (Å²) < 4.78 is 102. The summed E-state index contributed by atoms with van der Waals surface area (Å²) in [5.41, 5.74) is 4.26.